The van der Waals surface area contributed by atoms with Gasteiger partial charge in [-0.2, -0.15) is 0 Å². The minimum atomic E-state index is -0.370. The quantitative estimate of drug-likeness (QED) is 0.707. The van der Waals surface area contributed by atoms with Crippen LogP contribution in [0.25, 0.3) is 0 Å². The third kappa shape index (κ3) is 2.69. The van der Waals surface area contributed by atoms with Crippen molar-refractivity contribution >= 4 is 28.5 Å². The van der Waals surface area contributed by atoms with Gasteiger partial charge in [0.15, 0.2) is 0 Å². The molecule has 6 heteroatoms. The van der Waals surface area contributed by atoms with E-state index in [-0.39, 0.29) is 17.9 Å². The first-order chi connectivity index (χ1) is 7.66. The number of rotatable bonds is 2. The molecule has 1 aliphatic rings. The minimum Gasteiger partial charge on any atom is -0.335 e. The molecule has 2 rings (SSSR count). The summed E-state index contributed by atoms with van der Waals surface area (Å²) in [4.78, 5) is 11.7. The van der Waals surface area contributed by atoms with Crippen LogP contribution in [0.3, 0.4) is 0 Å². The maximum Gasteiger partial charge on any atom is 0.252 e. The van der Waals surface area contributed by atoms with Crippen molar-refractivity contribution in [2.45, 2.75) is 12.6 Å². The smallest absolute Gasteiger partial charge is 0.252 e. The van der Waals surface area contributed by atoms with Crippen LogP contribution in [0.4, 0.5) is 4.39 Å². The van der Waals surface area contributed by atoms with Crippen molar-refractivity contribution in [1.29, 1.82) is 0 Å². The fourth-order valence-corrected chi connectivity index (χ4v) is 1.81. The van der Waals surface area contributed by atoms with Crippen LogP contribution in [-0.2, 0) is 0 Å². The molecule has 1 aromatic rings. The van der Waals surface area contributed by atoms with Crippen LogP contribution in [0.5, 0.6) is 0 Å². The Balaban J connectivity index is 2.05. The van der Waals surface area contributed by atoms with Gasteiger partial charge in [-0.15, -0.1) is 0 Å². The average Bonchev–Trinajstić information content (AvgIpc) is 2.74. The lowest BCUT2D eigenvalue weighted by molar-refractivity contribution is 0.0932. The summed E-state index contributed by atoms with van der Waals surface area (Å²) >= 11 is 1.89. The van der Waals surface area contributed by atoms with Crippen LogP contribution in [0.2, 0.25) is 0 Å². The summed E-state index contributed by atoms with van der Waals surface area (Å²) in [7, 11) is 0. The molecule has 1 fully saturated rings. The lowest BCUT2D eigenvalue weighted by Gasteiger charge is -2.12. The second-order valence-corrected chi connectivity index (χ2v) is 4.68. The minimum absolute atomic E-state index is 0.0881. The van der Waals surface area contributed by atoms with E-state index >= 15 is 0 Å². The van der Waals surface area contributed by atoms with Crippen molar-refractivity contribution in [2.24, 2.45) is 0 Å². The van der Waals surface area contributed by atoms with E-state index in [4.69, 9.17) is 0 Å². The number of amides is 1. The van der Waals surface area contributed by atoms with Crippen molar-refractivity contribution in [1.82, 2.24) is 16.2 Å². The van der Waals surface area contributed by atoms with Crippen molar-refractivity contribution < 1.29 is 9.18 Å². The molecule has 3 N–H and O–H groups in total. The Hall–Kier alpha value is -0.730. The Morgan fingerprint density at radius 3 is 3.00 bits per heavy atom. The first-order valence-electron chi connectivity index (χ1n) is 4.91. The molecule has 1 aromatic carbocycles. The van der Waals surface area contributed by atoms with E-state index in [0.717, 1.165) is 13.0 Å². The summed E-state index contributed by atoms with van der Waals surface area (Å²) in [6.07, 6.45) is 0.730. The highest BCUT2D eigenvalue weighted by Crippen LogP contribution is 2.12. The number of hydrazine groups is 1. The molecule has 0 aliphatic carbocycles. The van der Waals surface area contributed by atoms with Crippen molar-refractivity contribution in [3.05, 3.63) is 33.1 Å². The van der Waals surface area contributed by atoms with Crippen LogP contribution < -0.4 is 16.2 Å². The lowest BCUT2D eigenvalue weighted by Crippen LogP contribution is -2.44. The van der Waals surface area contributed by atoms with Crippen LogP contribution in [0.1, 0.15) is 16.8 Å². The molecule has 1 amide bonds. The normalized spacial score (nSPS) is 19.8. The van der Waals surface area contributed by atoms with Crippen molar-refractivity contribution in [3.8, 4) is 0 Å². The number of nitrogens with one attached hydrogen (secondary N) is 3. The highest BCUT2D eigenvalue weighted by atomic mass is 127. The number of carbonyl (C=O) groups excluding carboxylic acids is 1. The predicted octanol–water partition coefficient (Wildman–Crippen LogP) is 0.984. The molecule has 16 heavy (non-hydrogen) atoms. The first kappa shape index (κ1) is 11.7. The summed E-state index contributed by atoms with van der Waals surface area (Å²) < 4.78 is 13.7. The Labute approximate surface area is 106 Å². The number of halogens is 2. The Bertz CT molecular complexity index is 407. The van der Waals surface area contributed by atoms with Gasteiger partial charge < -0.3 is 5.32 Å². The number of benzene rings is 1. The fraction of sp³-hybridized carbons (Fsp3) is 0.300. The third-order valence-corrected chi connectivity index (χ3v) is 3.20. The highest BCUT2D eigenvalue weighted by molar-refractivity contribution is 14.1. The summed E-state index contributed by atoms with van der Waals surface area (Å²) in [6.45, 7) is 0.812. The van der Waals surface area contributed by atoms with Crippen molar-refractivity contribution in [2.75, 3.05) is 6.54 Å². The fourth-order valence-electron chi connectivity index (χ4n) is 1.47. The van der Waals surface area contributed by atoms with E-state index in [9.17, 15) is 9.18 Å². The van der Waals surface area contributed by atoms with Gasteiger partial charge in [-0.05, 0) is 47.2 Å². The summed E-state index contributed by atoms with van der Waals surface area (Å²) in [6, 6.07) is 4.45. The molecule has 86 valence electrons. The molecule has 1 aliphatic heterocycles. The van der Waals surface area contributed by atoms with Gasteiger partial charge >= 0.3 is 0 Å². The molecule has 1 atom stereocenters. The number of hydrogen-bond acceptors (Lipinski definition) is 3. The molecule has 0 aromatic heterocycles. The van der Waals surface area contributed by atoms with Gasteiger partial charge in [-0.25, -0.2) is 9.82 Å². The lowest BCUT2D eigenvalue weighted by atomic mass is 10.2. The van der Waals surface area contributed by atoms with Crippen LogP contribution in [0, 0.1) is 9.39 Å². The van der Waals surface area contributed by atoms with Crippen LogP contribution in [-0.4, -0.2) is 18.6 Å². The van der Waals surface area contributed by atoms with Gasteiger partial charge in [0, 0.05) is 15.7 Å². The van der Waals surface area contributed by atoms with Gasteiger partial charge in [0.25, 0.3) is 5.91 Å². The standard InChI is InChI=1S/C10H11FIN3O/c11-7-5-6(1-2-8(7)12)10(16)14-9-3-4-13-15-9/h1-2,5,9,13,15H,3-4H2,(H,14,16). The van der Waals surface area contributed by atoms with E-state index in [1.54, 1.807) is 12.1 Å². The molecule has 1 unspecified atom stereocenters. The highest BCUT2D eigenvalue weighted by Gasteiger charge is 2.17. The zero-order valence-corrected chi connectivity index (χ0v) is 10.5. The molecule has 0 spiro atoms. The number of carbonyl (C=O) groups is 1. The topological polar surface area (TPSA) is 53.2 Å². The zero-order valence-electron chi connectivity index (χ0n) is 8.39. The third-order valence-electron chi connectivity index (χ3n) is 2.32. The van der Waals surface area contributed by atoms with E-state index in [1.165, 1.54) is 6.07 Å². The Morgan fingerprint density at radius 2 is 2.38 bits per heavy atom. The second kappa shape index (κ2) is 5.07. The summed E-state index contributed by atoms with van der Waals surface area (Å²) in [5.41, 5.74) is 6.16. The molecule has 1 saturated heterocycles. The van der Waals surface area contributed by atoms with E-state index in [1.807, 2.05) is 22.6 Å². The summed E-state index contributed by atoms with van der Waals surface area (Å²) in [5.74, 6) is -0.637. The van der Waals surface area contributed by atoms with E-state index in [2.05, 4.69) is 16.2 Å². The maximum absolute atomic E-state index is 13.2. The summed E-state index contributed by atoms with van der Waals surface area (Å²) in [5, 5.41) is 2.76. The monoisotopic (exact) mass is 335 g/mol. The predicted molar refractivity (Wildman–Crippen MR) is 66.1 cm³/mol. The molecule has 4 nitrogen and oxygen atoms in total. The van der Waals surface area contributed by atoms with Crippen molar-refractivity contribution in [3.63, 3.8) is 0 Å². The van der Waals surface area contributed by atoms with E-state index in [0.29, 0.717) is 9.13 Å². The molecule has 0 saturated carbocycles. The van der Waals surface area contributed by atoms with Gasteiger partial charge in [0.2, 0.25) is 0 Å². The first-order valence-corrected chi connectivity index (χ1v) is 5.99. The second-order valence-electron chi connectivity index (χ2n) is 3.51. The van der Waals surface area contributed by atoms with E-state index < -0.39 is 0 Å². The molecular formula is C10H11FIN3O. The van der Waals surface area contributed by atoms with Gasteiger partial charge in [-0.1, -0.05) is 0 Å². The average molecular weight is 335 g/mol. The Kier molecular flexibility index (Phi) is 3.72. The van der Waals surface area contributed by atoms with Gasteiger partial charge in [-0.3, -0.25) is 10.2 Å². The maximum atomic E-state index is 13.2. The largest absolute Gasteiger partial charge is 0.335 e. The van der Waals surface area contributed by atoms with Crippen LogP contribution in [0.15, 0.2) is 18.2 Å². The molecule has 0 bridgehead atoms. The van der Waals surface area contributed by atoms with Crippen LogP contribution >= 0.6 is 22.6 Å². The zero-order chi connectivity index (χ0) is 11.5. The Morgan fingerprint density at radius 1 is 1.56 bits per heavy atom. The SMILES string of the molecule is O=C(NC1CCNN1)c1ccc(I)c(F)c1. The number of hydrogen-bond donors (Lipinski definition) is 3. The molecule has 1 heterocycles. The van der Waals surface area contributed by atoms with Gasteiger partial charge in [0.05, 0.1) is 6.17 Å². The molecular weight excluding hydrogens is 324 g/mol. The molecule has 0 radical (unpaired) electrons. The van der Waals surface area contributed by atoms with Gasteiger partial charge in [0.1, 0.15) is 5.82 Å².